The Morgan fingerprint density at radius 2 is 2.20 bits per heavy atom. The molecule has 1 aromatic heterocycles. The van der Waals surface area contributed by atoms with Gasteiger partial charge in [0.25, 0.3) is 0 Å². The lowest BCUT2D eigenvalue weighted by Gasteiger charge is -2.13. The average Bonchev–Trinajstić information content (AvgIpc) is 2.48. The van der Waals surface area contributed by atoms with E-state index in [-0.39, 0.29) is 0 Å². The van der Waals surface area contributed by atoms with Crippen LogP contribution >= 0.6 is 0 Å². The second-order valence-corrected chi connectivity index (χ2v) is 4.30. The highest BCUT2D eigenvalue weighted by atomic mass is 16.5. The molecule has 0 aliphatic heterocycles. The first-order valence-corrected chi connectivity index (χ1v) is 6.66. The maximum atomic E-state index is 12.0. The molecule has 0 bridgehead atoms. The van der Waals surface area contributed by atoms with Crippen molar-refractivity contribution in [2.75, 3.05) is 18.9 Å². The first kappa shape index (κ1) is 14.1. The predicted molar refractivity (Wildman–Crippen MR) is 77.9 cm³/mol. The van der Waals surface area contributed by atoms with Crippen LogP contribution in [0.1, 0.15) is 30.6 Å². The van der Waals surface area contributed by atoms with E-state index in [1.165, 1.54) is 0 Å². The summed E-state index contributed by atoms with van der Waals surface area (Å²) in [6.45, 7) is 4.68. The Kier molecular flexibility index (Phi) is 4.40. The van der Waals surface area contributed by atoms with Crippen molar-refractivity contribution in [3.8, 4) is 5.75 Å². The van der Waals surface area contributed by atoms with Crippen molar-refractivity contribution in [2.24, 2.45) is 0 Å². The SMILES string of the molecule is CCCOC(=O)c1cc(OCC)c2cccnc2c1N. The Morgan fingerprint density at radius 1 is 1.40 bits per heavy atom. The minimum atomic E-state index is -0.446. The van der Waals surface area contributed by atoms with Crippen LogP contribution in [0.25, 0.3) is 10.9 Å². The number of pyridine rings is 1. The molecule has 0 atom stereocenters. The van der Waals surface area contributed by atoms with Crippen molar-refractivity contribution >= 4 is 22.6 Å². The van der Waals surface area contributed by atoms with E-state index in [4.69, 9.17) is 15.2 Å². The standard InChI is InChI=1S/C15H18N2O3/c1-3-8-20-15(18)11-9-12(19-4-2)10-6-5-7-17-14(10)13(11)16/h5-7,9H,3-4,8,16H2,1-2H3. The molecule has 20 heavy (non-hydrogen) atoms. The smallest absolute Gasteiger partial charge is 0.340 e. The first-order valence-electron chi connectivity index (χ1n) is 6.66. The molecule has 5 heteroatoms. The molecule has 5 nitrogen and oxygen atoms in total. The van der Waals surface area contributed by atoms with Gasteiger partial charge in [-0.1, -0.05) is 6.92 Å². The number of esters is 1. The Morgan fingerprint density at radius 3 is 2.90 bits per heavy atom. The second-order valence-electron chi connectivity index (χ2n) is 4.30. The minimum absolute atomic E-state index is 0.299. The first-order chi connectivity index (χ1) is 9.69. The number of hydrogen-bond acceptors (Lipinski definition) is 5. The third-order valence-corrected chi connectivity index (χ3v) is 2.85. The lowest BCUT2D eigenvalue weighted by atomic mass is 10.1. The molecule has 0 spiro atoms. The Labute approximate surface area is 117 Å². The lowest BCUT2D eigenvalue weighted by molar-refractivity contribution is 0.0506. The summed E-state index contributed by atoms with van der Waals surface area (Å²) in [4.78, 5) is 16.3. The maximum absolute atomic E-state index is 12.0. The second kappa shape index (κ2) is 6.23. The van der Waals surface area contributed by atoms with Crippen molar-refractivity contribution in [1.29, 1.82) is 0 Å². The zero-order valence-corrected chi connectivity index (χ0v) is 11.7. The van der Waals surface area contributed by atoms with Crippen LogP contribution in [0.4, 0.5) is 5.69 Å². The molecule has 2 aromatic rings. The molecule has 0 fully saturated rings. The highest BCUT2D eigenvalue weighted by molar-refractivity contribution is 6.06. The van der Waals surface area contributed by atoms with E-state index in [9.17, 15) is 4.79 Å². The van der Waals surface area contributed by atoms with Gasteiger partial charge in [0, 0.05) is 11.6 Å². The summed E-state index contributed by atoms with van der Waals surface area (Å²) in [5, 5.41) is 0.791. The van der Waals surface area contributed by atoms with Crippen LogP contribution in [-0.2, 0) is 4.74 Å². The molecule has 1 heterocycles. The number of aromatic nitrogens is 1. The average molecular weight is 274 g/mol. The fourth-order valence-corrected chi connectivity index (χ4v) is 1.95. The monoisotopic (exact) mass is 274 g/mol. The number of fused-ring (bicyclic) bond motifs is 1. The normalized spacial score (nSPS) is 10.5. The topological polar surface area (TPSA) is 74.4 Å². The van der Waals surface area contributed by atoms with E-state index < -0.39 is 5.97 Å². The van der Waals surface area contributed by atoms with Gasteiger partial charge in [0.05, 0.1) is 30.0 Å². The molecule has 0 aliphatic rings. The number of carbonyl (C=O) groups is 1. The fraction of sp³-hybridized carbons (Fsp3) is 0.333. The number of benzene rings is 1. The van der Waals surface area contributed by atoms with Gasteiger partial charge in [0.1, 0.15) is 5.75 Å². The highest BCUT2D eigenvalue weighted by Crippen LogP contribution is 2.32. The van der Waals surface area contributed by atoms with Crippen LogP contribution in [-0.4, -0.2) is 24.2 Å². The predicted octanol–water partition coefficient (Wildman–Crippen LogP) is 2.78. The van der Waals surface area contributed by atoms with Gasteiger partial charge in [0.2, 0.25) is 0 Å². The van der Waals surface area contributed by atoms with Gasteiger partial charge in [-0.2, -0.15) is 0 Å². The third kappa shape index (κ3) is 2.66. The summed E-state index contributed by atoms with van der Waals surface area (Å²) < 4.78 is 10.7. The van der Waals surface area contributed by atoms with Crippen LogP contribution < -0.4 is 10.5 Å². The third-order valence-electron chi connectivity index (χ3n) is 2.85. The summed E-state index contributed by atoms with van der Waals surface area (Å²) in [5.74, 6) is 0.145. The summed E-state index contributed by atoms with van der Waals surface area (Å²) in [5.41, 5.74) is 7.22. The lowest BCUT2D eigenvalue weighted by Crippen LogP contribution is -2.10. The van der Waals surface area contributed by atoms with Crippen LogP contribution in [0.3, 0.4) is 0 Å². The van der Waals surface area contributed by atoms with E-state index in [2.05, 4.69) is 4.98 Å². The molecule has 2 rings (SSSR count). The molecule has 2 N–H and O–H groups in total. The van der Waals surface area contributed by atoms with E-state index in [0.717, 1.165) is 11.8 Å². The maximum Gasteiger partial charge on any atom is 0.340 e. The zero-order chi connectivity index (χ0) is 14.5. The van der Waals surface area contributed by atoms with Gasteiger partial charge >= 0.3 is 5.97 Å². The van der Waals surface area contributed by atoms with Gasteiger partial charge in [-0.05, 0) is 31.5 Å². The summed E-state index contributed by atoms with van der Waals surface area (Å²) in [7, 11) is 0. The molecule has 0 unspecified atom stereocenters. The van der Waals surface area contributed by atoms with Gasteiger partial charge < -0.3 is 15.2 Å². The van der Waals surface area contributed by atoms with E-state index in [1.807, 2.05) is 19.9 Å². The summed E-state index contributed by atoms with van der Waals surface area (Å²) in [6.07, 6.45) is 2.39. The Hall–Kier alpha value is -2.30. The Balaban J connectivity index is 2.55. The van der Waals surface area contributed by atoms with Gasteiger partial charge in [0.15, 0.2) is 0 Å². The van der Waals surface area contributed by atoms with Crippen LogP contribution in [0.5, 0.6) is 5.75 Å². The number of nitrogens with two attached hydrogens (primary N) is 1. The van der Waals surface area contributed by atoms with Gasteiger partial charge in [-0.25, -0.2) is 4.79 Å². The molecule has 0 aliphatic carbocycles. The van der Waals surface area contributed by atoms with Gasteiger partial charge in [-0.15, -0.1) is 0 Å². The van der Waals surface area contributed by atoms with Crippen LogP contribution in [0.15, 0.2) is 24.4 Å². The quantitative estimate of drug-likeness (QED) is 0.670. The van der Waals surface area contributed by atoms with E-state index >= 15 is 0 Å². The number of carbonyl (C=O) groups excluding carboxylic acids is 1. The molecule has 0 radical (unpaired) electrons. The van der Waals surface area contributed by atoms with E-state index in [1.54, 1.807) is 18.3 Å². The van der Waals surface area contributed by atoms with Gasteiger partial charge in [-0.3, -0.25) is 4.98 Å². The minimum Gasteiger partial charge on any atom is -0.493 e. The highest BCUT2D eigenvalue weighted by Gasteiger charge is 2.18. The summed E-state index contributed by atoms with van der Waals surface area (Å²) >= 11 is 0. The number of nitrogens with zero attached hydrogens (tertiary/aromatic N) is 1. The largest absolute Gasteiger partial charge is 0.493 e. The molecule has 0 saturated heterocycles. The fourth-order valence-electron chi connectivity index (χ4n) is 1.95. The molecular formula is C15H18N2O3. The Bertz CT molecular complexity index is 626. The van der Waals surface area contributed by atoms with Crippen molar-refractivity contribution in [3.05, 3.63) is 30.0 Å². The number of rotatable bonds is 5. The molecule has 106 valence electrons. The van der Waals surface area contributed by atoms with Crippen molar-refractivity contribution in [1.82, 2.24) is 4.98 Å². The number of hydrogen-bond donors (Lipinski definition) is 1. The number of anilines is 1. The number of ether oxygens (including phenoxy) is 2. The molecule has 0 saturated carbocycles. The number of nitrogen functional groups attached to an aromatic ring is 1. The zero-order valence-electron chi connectivity index (χ0n) is 11.7. The van der Waals surface area contributed by atoms with Crippen molar-refractivity contribution in [3.63, 3.8) is 0 Å². The van der Waals surface area contributed by atoms with Crippen molar-refractivity contribution < 1.29 is 14.3 Å². The summed E-state index contributed by atoms with van der Waals surface area (Å²) in [6, 6.07) is 5.30. The molecule has 0 amide bonds. The van der Waals surface area contributed by atoms with Crippen molar-refractivity contribution in [2.45, 2.75) is 20.3 Å². The van der Waals surface area contributed by atoms with Crippen LogP contribution in [0, 0.1) is 0 Å². The van der Waals surface area contributed by atoms with Crippen LogP contribution in [0.2, 0.25) is 0 Å². The molecular weight excluding hydrogens is 256 g/mol. The molecule has 1 aromatic carbocycles. The van der Waals surface area contributed by atoms with E-state index in [0.29, 0.717) is 35.7 Å².